The van der Waals surface area contributed by atoms with Gasteiger partial charge in [0.2, 0.25) is 0 Å². The molecule has 7 heteroatoms. The van der Waals surface area contributed by atoms with Crippen LogP contribution in [0.3, 0.4) is 0 Å². The molecule has 0 saturated heterocycles. The van der Waals surface area contributed by atoms with Crippen LogP contribution < -0.4 is 11.1 Å². The van der Waals surface area contributed by atoms with Gasteiger partial charge in [-0.15, -0.1) is 0 Å². The molecular weight excluding hydrogens is 254 g/mol. The second kappa shape index (κ2) is 5.29. The van der Waals surface area contributed by atoms with E-state index < -0.39 is 25.0 Å². The number of aliphatic hydroxyl groups excluding tert-OH is 1. The number of halogens is 3. The molecule has 0 heterocycles. The highest BCUT2D eigenvalue weighted by molar-refractivity contribution is 6.31. The van der Waals surface area contributed by atoms with E-state index in [4.69, 9.17) is 22.4 Å². The highest BCUT2D eigenvalue weighted by atomic mass is 35.5. The van der Waals surface area contributed by atoms with Crippen molar-refractivity contribution < 1.29 is 18.7 Å². The van der Waals surface area contributed by atoms with Crippen LogP contribution in [0.15, 0.2) is 18.2 Å². The quantitative estimate of drug-likeness (QED) is 0.717. The van der Waals surface area contributed by atoms with Crippen LogP contribution in [-0.2, 0) is 0 Å². The molecular formula is C10H11ClF2N2O2. The number of nitrogens with two attached hydrogens (primary N) is 1. The van der Waals surface area contributed by atoms with Crippen molar-refractivity contribution in [2.24, 2.45) is 0 Å². The summed E-state index contributed by atoms with van der Waals surface area (Å²) in [6, 6.07) is 4.11. The number of amides is 1. The first kappa shape index (κ1) is 13.7. The highest BCUT2D eigenvalue weighted by Gasteiger charge is 2.28. The zero-order chi connectivity index (χ0) is 13.1. The maximum Gasteiger partial charge on any atom is 0.287 e. The normalized spacial score (nSPS) is 11.3. The van der Waals surface area contributed by atoms with Gasteiger partial charge in [-0.3, -0.25) is 4.79 Å². The third kappa shape index (κ3) is 3.83. The molecule has 0 atom stereocenters. The third-order valence-electron chi connectivity index (χ3n) is 2.00. The molecule has 4 N–H and O–H groups in total. The Hall–Kier alpha value is -1.40. The fourth-order valence-corrected chi connectivity index (χ4v) is 1.28. The van der Waals surface area contributed by atoms with Gasteiger partial charge in [-0.2, -0.15) is 0 Å². The Morgan fingerprint density at radius 3 is 2.71 bits per heavy atom. The molecule has 0 saturated carbocycles. The van der Waals surface area contributed by atoms with Crippen molar-refractivity contribution in [3.05, 3.63) is 28.8 Å². The number of anilines is 1. The van der Waals surface area contributed by atoms with Gasteiger partial charge in [0, 0.05) is 10.7 Å². The van der Waals surface area contributed by atoms with Gasteiger partial charge in [0.1, 0.15) is 6.61 Å². The summed E-state index contributed by atoms with van der Waals surface area (Å²) >= 11 is 5.63. The van der Waals surface area contributed by atoms with E-state index in [9.17, 15) is 13.6 Å². The van der Waals surface area contributed by atoms with Crippen LogP contribution in [0.2, 0.25) is 5.02 Å². The van der Waals surface area contributed by atoms with Crippen LogP contribution in [0.5, 0.6) is 0 Å². The van der Waals surface area contributed by atoms with E-state index in [1.165, 1.54) is 18.2 Å². The number of nitrogen functional groups attached to an aromatic ring is 1. The molecule has 0 bridgehead atoms. The molecule has 1 aromatic carbocycles. The molecule has 0 spiro atoms. The number of benzene rings is 1. The number of hydrogen-bond donors (Lipinski definition) is 3. The lowest BCUT2D eigenvalue weighted by molar-refractivity contribution is -0.0461. The topological polar surface area (TPSA) is 75.4 Å². The van der Waals surface area contributed by atoms with Crippen molar-refractivity contribution in [1.29, 1.82) is 0 Å². The predicted octanol–water partition coefficient (Wildman–Crippen LogP) is 1.28. The van der Waals surface area contributed by atoms with Crippen molar-refractivity contribution in [2.75, 3.05) is 18.9 Å². The SMILES string of the molecule is Nc1cc(Cl)ccc1C(=O)NCC(F)(F)CO. The van der Waals surface area contributed by atoms with Gasteiger partial charge in [-0.05, 0) is 18.2 Å². The highest BCUT2D eigenvalue weighted by Crippen LogP contribution is 2.18. The second-order valence-electron chi connectivity index (χ2n) is 3.43. The van der Waals surface area contributed by atoms with Gasteiger partial charge >= 0.3 is 0 Å². The lowest BCUT2D eigenvalue weighted by atomic mass is 10.1. The van der Waals surface area contributed by atoms with Gasteiger partial charge in [0.05, 0.1) is 12.1 Å². The average molecular weight is 265 g/mol. The minimum atomic E-state index is -3.35. The first-order chi connectivity index (χ1) is 7.85. The van der Waals surface area contributed by atoms with E-state index in [1.54, 1.807) is 0 Å². The Morgan fingerprint density at radius 1 is 1.53 bits per heavy atom. The second-order valence-corrected chi connectivity index (χ2v) is 3.86. The van der Waals surface area contributed by atoms with Crippen LogP contribution in [0.25, 0.3) is 0 Å². The van der Waals surface area contributed by atoms with E-state index in [2.05, 4.69) is 0 Å². The van der Waals surface area contributed by atoms with E-state index in [-0.39, 0.29) is 11.3 Å². The molecule has 1 aromatic rings. The van der Waals surface area contributed by atoms with Gasteiger partial charge in [-0.25, -0.2) is 8.78 Å². The van der Waals surface area contributed by atoms with Crippen LogP contribution in [0.4, 0.5) is 14.5 Å². The fraction of sp³-hybridized carbons (Fsp3) is 0.300. The first-order valence-corrected chi connectivity index (χ1v) is 5.05. The molecule has 0 aliphatic carbocycles. The number of nitrogens with one attached hydrogen (secondary N) is 1. The molecule has 0 aromatic heterocycles. The number of rotatable bonds is 4. The molecule has 0 aliphatic heterocycles. The standard InChI is InChI=1S/C10H11ClF2N2O2/c11-6-1-2-7(8(14)3-6)9(17)15-4-10(12,13)5-16/h1-3,16H,4-5,14H2,(H,15,17). The summed E-state index contributed by atoms with van der Waals surface area (Å²) in [5.74, 6) is -4.09. The summed E-state index contributed by atoms with van der Waals surface area (Å²) in [4.78, 5) is 11.5. The summed E-state index contributed by atoms with van der Waals surface area (Å²) in [7, 11) is 0. The number of carbonyl (C=O) groups is 1. The Bertz CT molecular complexity index is 427. The van der Waals surface area contributed by atoms with E-state index in [1.807, 2.05) is 5.32 Å². The van der Waals surface area contributed by atoms with Crippen molar-refractivity contribution in [2.45, 2.75) is 5.92 Å². The predicted molar refractivity (Wildman–Crippen MR) is 60.2 cm³/mol. The monoisotopic (exact) mass is 264 g/mol. The zero-order valence-electron chi connectivity index (χ0n) is 8.71. The van der Waals surface area contributed by atoms with Gasteiger partial charge < -0.3 is 16.2 Å². The Labute approximate surface area is 101 Å². The summed E-state index contributed by atoms with van der Waals surface area (Å²) in [6.45, 7) is -2.28. The molecule has 0 unspecified atom stereocenters. The fourth-order valence-electron chi connectivity index (χ4n) is 1.10. The van der Waals surface area contributed by atoms with Crippen LogP contribution in [0.1, 0.15) is 10.4 Å². The molecule has 1 amide bonds. The lowest BCUT2D eigenvalue weighted by Crippen LogP contribution is -2.39. The molecule has 0 aliphatic rings. The van der Waals surface area contributed by atoms with Crippen molar-refractivity contribution in [1.82, 2.24) is 5.32 Å². The van der Waals surface area contributed by atoms with Crippen molar-refractivity contribution >= 4 is 23.2 Å². The Kier molecular flexibility index (Phi) is 4.25. The largest absolute Gasteiger partial charge is 0.398 e. The summed E-state index contributed by atoms with van der Waals surface area (Å²) in [6.07, 6.45) is 0. The van der Waals surface area contributed by atoms with Gasteiger partial charge in [0.25, 0.3) is 11.8 Å². The lowest BCUT2D eigenvalue weighted by Gasteiger charge is -2.14. The van der Waals surface area contributed by atoms with Crippen LogP contribution in [0, 0.1) is 0 Å². The number of aliphatic hydroxyl groups is 1. The van der Waals surface area contributed by atoms with Crippen LogP contribution in [-0.4, -0.2) is 30.1 Å². The summed E-state index contributed by atoms with van der Waals surface area (Å²) in [5.41, 5.74) is 5.67. The number of alkyl halides is 2. The molecule has 4 nitrogen and oxygen atoms in total. The van der Waals surface area contributed by atoms with Crippen molar-refractivity contribution in [3.63, 3.8) is 0 Å². The molecule has 0 fully saturated rings. The molecule has 0 radical (unpaired) electrons. The maximum atomic E-state index is 12.7. The molecule has 94 valence electrons. The van der Waals surface area contributed by atoms with Gasteiger partial charge in [-0.1, -0.05) is 11.6 Å². The smallest absolute Gasteiger partial charge is 0.287 e. The Morgan fingerprint density at radius 2 is 2.18 bits per heavy atom. The van der Waals surface area contributed by atoms with Crippen molar-refractivity contribution in [3.8, 4) is 0 Å². The average Bonchev–Trinajstić information content (AvgIpc) is 2.26. The maximum absolute atomic E-state index is 12.7. The van der Waals surface area contributed by atoms with Crippen LogP contribution >= 0.6 is 11.6 Å². The molecule has 17 heavy (non-hydrogen) atoms. The number of hydrogen-bond acceptors (Lipinski definition) is 3. The first-order valence-electron chi connectivity index (χ1n) is 4.67. The summed E-state index contributed by atoms with van der Waals surface area (Å²) in [5, 5.41) is 10.7. The third-order valence-corrected chi connectivity index (χ3v) is 2.23. The minimum Gasteiger partial charge on any atom is -0.398 e. The zero-order valence-corrected chi connectivity index (χ0v) is 9.47. The van der Waals surface area contributed by atoms with E-state index >= 15 is 0 Å². The van der Waals surface area contributed by atoms with E-state index in [0.717, 1.165) is 0 Å². The van der Waals surface area contributed by atoms with E-state index in [0.29, 0.717) is 5.02 Å². The number of carbonyl (C=O) groups excluding carboxylic acids is 1. The summed E-state index contributed by atoms with van der Waals surface area (Å²) < 4.78 is 25.4. The van der Waals surface area contributed by atoms with Gasteiger partial charge in [0.15, 0.2) is 0 Å². The molecule has 1 rings (SSSR count). The Balaban J connectivity index is 2.71. The minimum absolute atomic E-state index is 0.0585.